The number of carbonyl (C=O) groups is 1. The van der Waals surface area contributed by atoms with Crippen molar-refractivity contribution in [3.05, 3.63) is 0 Å². The molecule has 1 saturated carbocycles. The van der Waals surface area contributed by atoms with Crippen molar-refractivity contribution in [1.29, 1.82) is 0 Å². The average Bonchev–Trinajstić information content (AvgIpc) is 2.00. The molecule has 0 radical (unpaired) electrons. The van der Waals surface area contributed by atoms with Crippen LogP contribution in [0.15, 0.2) is 0 Å². The highest BCUT2D eigenvalue weighted by atomic mass is 16.1. The van der Waals surface area contributed by atoms with Gasteiger partial charge in [0, 0.05) is 37.1 Å². The van der Waals surface area contributed by atoms with Crippen LogP contribution in [-0.2, 0) is 4.79 Å². The molecule has 0 aromatic rings. The maximum atomic E-state index is 10.5. The lowest BCUT2D eigenvalue weighted by atomic mass is 9.80. The summed E-state index contributed by atoms with van der Waals surface area (Å²) in [5.41, 5.74) is 0. The highest BCUT2D eigenvalue weighted by Crippen LogP contribution is 2.31. The summed E-state index contributed by atoms with van der Waals surface area (Å²) < 4.78 is 0. The molecule has 0 bridgehead atoms. The van der Waals surface area contributed by atoms with Gasteiger partial charge in [-0.3, -0.25) is 4.90 Å². The minimum absolute atomic E-state index is 0.348. The van der Waals surface area contributed by atoms with E-state index in [0.717, 1.165) is 32.2 Å². The second-order valence-corrected chi connectivity index (χ2v) is 4.94. The van der Waals surface area contributed by atoms with Crippen LogP contribution in [0.3, 0.4) is 0 Å². The van der Waals surface area contributed by atoms with Gasteiger partial charge >= 0.3 is 0 Å². The summed E-state index contributed by atoms with van der Waals surface area (Å²) in [6.45, 7) is 6.75. The molecular weight excluding hydrogens is 176 g/mol. The van der Waals surface area contributed by atoms with Gasteiger partial charge in [-0.15, -0.1) is 0 Å². The molecule has 0 aromatic carbocycles. The molecule has 1 heterocycles. The highest BCUT2D eigenvalue weighted by Gasteiger charge is 2.35. The molecule has 0 spiro atoms. The predicted molar refractivity (Wildman–Crippen MR) is 56.2 cm³/mol. The van der Waals surface area contributed by atoms with Gasteiger partial charge < -0.3 is 10.1 Å². The predicted octanol–water partition coefficient (Wildman–Crippen LogP) is 0.646. The fraction of sp³-hybridized carbons (Fsp3) is 0.909. The van der Waals surface area contributed by atoms with Crippen LogP contribution in [0.1, 0.15) is 26.7 Å². The Hall–Kier alpha value is -0.410. The Morgan fingerprint density at radius 2 is 1.79 bits per heavy atom. The van der Waals surface area contributed by atoms with Gasteiger partial charge in [0.25, 0.3) is 0 Å². The molecule has 1 N–H and O–H groups in total. The molecule has 1 aliphatic heterocycles. The first kappa shape index (κ1) is 10.1. The van der Waals surface area contributed by atoms with Gasteiger partial charge in [0.1, 0.15) is 6.29 Å². The van der Waals surface area contributed by atoms with E-state index in [1.54, 1.807) is 0 Å². The van der Waals surface area contributed by atoms with Gasteiger partial charge in [-0.1, -0.05) is 0 Å². The fourth-order valence-corrected chi connectivity index (χ4v) is 2.71. The fourth-order valence-electron chi connectivity index (χ4n) is 2.71. The minimum atomic E-state index is 0.348. The zero-order valence-corrected chi connectivity index (χ0v) is 9.07. The molecular formula is C11H20N2O. The van der Waals surface area contributed by atoms with Crippen molar-refractivity contribution in [3.63, 3.8) is 0 Å². The van der Waals surface area contributed by atoms with E-state index in [4.69, 9.17) is 0 Å². The summed E-state index contributed by atoms with van der Waals surface area (Å²) in [4.78, 5) is 13.1. The van der Waals surface area contributed by atoms with Crippen LogP contribution in [0, 0.1) is 5.92 Å². The van der Waals surface area contributed by atoms with E-state index >= 15 is 0 Å². The average molecular weight is 196 g/mol. The smallest absolute Gasteiger partial charge is 0.123 e. The second-order valence-electron chi connectivity index (χ2n) is 4.94. The molecule has 2 aliphatic rings. The molecule has 80 valence electrons. The number of carbonyl (C=O) groups excluding carboxylic acids is 1. The van der Waals surface area contributed by atoms with E-state index in [1.807, 2.05) is 0 Å². The van der Waals surface area contributed by atoms with Crippen LogP contribution in [0.2, 0.25) is 0 Å². The Kier molecular flexibility index (Phi) is 2.88. The zero-order valence-electron chi connectivity index (χ0n) is 9.07. The number of nitrogens with zero attached hydrogens (tertiary/aromatic N) is 1. The molecule has 3 heteroatoms. The third-order valence-corrected chi connectivity index (χ3v) is 3.44. The largest absolute Gasteiger partial charge is 0.309 e. The topological polar surface area (TPSA) is 32.3 Å². The lowest BCUT2D eigenvalue weighted by Gasteiger charge is -2.46. The van der Waals surface area contributed by atoms with Crippen molar-refractivity contribution in [1.82, 2.24) is 10.2 Å². The van der Waals surface area contributed by atoms with Gasteiger partial charge in [-0.2, -0.15) is 0 Å². The molecule has 2 rings (SSSR count). The van der Waals surface area contributed by atoms with Gasteiger partial charge in [0.15, 0.2) is 0 Å². The summed E-state index contributed by atoms with van der Waals surface area (Å²) in [5.74, 6) is 0.348. The number of hydrogen-bond donors (Lipinski definition) is 1. The van der Waals surface area contributed by atoms with Crippen LogP contribution < -0.4 is 5.32 Å². The Morgan fingerprint density at radius 3 is 2.29 bits per heavy atom. The van der Waals surface area contributed by atoms with E-state index in [1.165, 1.54) is 0 Å². The summed E-state index contributed by atoms with van der Waals surface area (Å²) in [6.07, 6.45) is 3.29. The number of nitrogens with one attached hydrogen (secondary N) is 1. The van der Waals surface area contributed by atoms with Crippen molar-refractivity contribution in [2.24, 2.45) is 5.92 Å². The third kappa shape index (κ3) is 1.98. The van der Waals surface area contributed by atoms with Crippen molar-refractivity contribution in [3.8, 4) is 0 Å². The maximum absolute atomic E-state index is 10.5. The minimum Gasteiger partial charge on any atom is -0.309 e. The van der Waals surface area contributed by atoms with E-state index < -0.39 is 0 Å². The van der Waals surface area contributed by atoms with Gasteiger partial charge in [0.05, 0.1) is 0 Å². The molecule has 1 aliphatic carbocycles. The van der Waals surface area contributed by atoms with Crippen LogP contribution in [0.25, 0.3) is 0 Å². The van der Waals surface area contributed by atoms with E-state index in [2.05, 4.69) is 24.1 Å². The lowest BCUT2D eigenvalue weighted by Crippen LogP contribution is -2.59. The van der Waals surface area contributed by atoms with Crippen molar-refractivity contribution in [2.75, 3.05) is 13.1 Å². The van der Waals surface area contributed by atoms with Crippen molar-refractivity contribution in [2.45, 2.75) is 44.8 Å². The Balaban J connectivity index is 1.83. The molecule has 2 atom stereocenters. The first-order chi connectivity index (χ1) is 6.69. The summed E-state index contributed by atoms with van der Waals surface area (Å²) in [6, 6.07) is 1.86. The van der Waals surface area contributed by atoms with E-state index in [9.17, 15) is 4.79 Å². The first-order valence-electron chi connectivity index (χ1n) is 5.64. The van der Waals surface area contributed by atoms with Crippen LogP contribution in [0.5, 0.6) is 0 Å². The molecule has 0 aromatic heterocycles. The molecule has 2 unspecified atom stereocenters. The Labute approximate surface area is 85.8 Å². The molecule has 3 nitrogen and oxygen atoms in total. The number of rotatable bonds is 2. The SMILES string of the molecule is CC1CN(C2CC(C=O)C2)CC(C)N1. The molecule has 0 amide bonds. The summed E-state index contributed by atoms with van der Waals surface area (Å²) in [7, 11) is 0. The maximum Gasteiger partial charge on any atom is 0.123 e. The number of aldehydes is 1. The quantitative estimate of drug-likeness (QED) is 0.658. The normalized spacial score (nSPS) is 44.4. The van der Waals surface area contributed by atoms with E-state index in [0.29, 0.717) is 24.0 Å². The Morgan fingerprint density at radius 1 is 1.21 bits per heavy atom. The van der Waals surface area contributed by atoms with Gasteiger partial charge in [-0.25, -0.2) is 0 Å². The highest BCUT2D eigenvalue weighted by molar-refractivity contribution is 5.55. The van der Waals surface area contributed by atoms with Gasteiger partial charge in [-0.05, 0) is 26.7 Å². The van der Waals surface area contributed by atoms with Crippen LogP contribution in [0.4, 0.5) is 0 Å². The number of piperazine rings is 1. The van der Waals surface area contributed by atoms with Crippen molar-refractivity contribution < 1.29 is 4.79 Å². The second kappa shape index (κ2) is 3.99. The summed E-state index contributed by atoms with van der Waals surface area (Å²) in [5, 5.41) is 3.53. The van der Waals surface area contributed by atoms with Gasteiger partial charge in [0.2, 0.25) is 0 Å². The van der Waals surface area contributed by atoms with Crippen LogP contribution in [-0.4, -0.2) is 42.4 Å². The molecule has 1 saturated heterocycles. The summed E-state index contributed by atoms with van der Waals surface area (Å²) >= 11 is 0. The van der Waals surface area contributed by atoms with Crippen molar-refractivity contribution >= 4 is 6.29 Å². The standard InChI is InChI=1S/C11H20N2O/c1-8-5-13(6-9(2)12-8)11-3-10(4-11)7-14/h7-12H,3-6H2,1-2H3. The first-order valence-corrected chi connectivity index (χ1v) is 5.64. The third-order valence-electron chi connectivity index (χ3n) is 3.44. The lowest BCUT2D eigenvalue weighted by molar-refractivity contribution is -0.115. The van der Waals surface area contributed by atoms with Crippen LogP contribution >= 0.6 is 0 Å². The zero-order chi connectivity index (χ0) is 10.1. The monoisotopic (exact) mass is 196 g/mol. The van der Waals surface area contributed by atoms with E-state index in [-0.39, 0.29) is 0 Å². The Bertz CT molecular complexity index is 203. The molecule has 14 heavy (non-hydrogen) atoms. The molecule has 2 fully saturated rings. The number of hydrogen-bond acceptors (Lipinski definition) is 3.